The zero-order chi connectivity index (χ0) is 13.0. The maximum Gasteiger partial charge on any atom is 0.329 e. The molecule has 0 aliphatic carbocycles. The summed E-state index contributed by atoms with van der Waals surface area (Å²) in [5, 5.41) is 0. The zero-order valence-electron chi connectivity index (χ0n) is 10.5. The summed E-state index contributed by atoms with van der Waals surface area (Å²) in [7, 11) is 0. The molecular weight excluding hydrogens is 230 g/mol. The fourth-order valence-electron chi connectivity index (χ4n) is 2.21. The van der Waals surface area contributed by atoms with Crippen LogP contribution in [-0.2, 0) is 20.9 Å². The molecule has 1 atom stereocenters. The van der Waals surface area contributed by atoms with Crippen molar-refractivity contribution < 1.29 is 14.3 Å². The van der Waals surface area contributed by atoms with Gasteiger partial charge in [-0.1, -0.05) is 30.3 Å². The highest BCUT2D eigenvalue weighted by molar-refractivity contribution is 5.83. The van der Waals surface area contributed by atoms with E-state index in [1.165, 1.54) is 6.92 Å². The first kappa shape index (κ1) is 12.6. The van der Waals surface area contributed by atoms with Crippen molar-refractivity contribution in [2.45, 2.75) is 32.4 Å². The molecule has 1 heterocycles. The van der Waals surface area contributed by atoms with Gasteiger partial charge in [-0.25, -0.2) is 4.79 Å². The minimum atomic E-state index is -0.397. The quantitative estimate of drug-likeness (QED) is 0.764. The highest BCUT2D eigenvalue weighted by atomic mass is 16.5. The second kappa shape index (κ2) is 5.67. The third-order valence-electron chi connectivity index (χ3n) is 3.15. The molecule has 0 bridgehead atoms. The van der Waals surface area contributed by atoms with E-state index in [9.17, 15) is 9.59 Å². The van der Waals surface area contributed by atoms with Crippen LogP contribution in [0.1, 0.15) is 25.3 Å². The van der Waals surface area contributed by atoms with Gasteiger partial charge in [-0.05, 0) is 18.4 Å². The predicted molar refractivity (Wildman–Crippen MR) is 66.6 cm³/mol. The SMILES string of the molecule is CC(=O)N1CCCC1C(=O)OCc1ccccc1. The molecule has 18 heavy (non-hydrogen) atoms. The van der Waals surface area contributed by atoms with Crippen molar-refractivity contribution in [3.05, 3.63) is 35.9 Å². The Morgan fingerprint density at radius 3 is 2.72 bits per heavy atom. The third-order valence-corrected chi connectivity index (χ3v) is 3.15. The summed E-state index contributed by atoms with van der Waals surface area (Å²) in [6.45, 7) is 2.41. The van der Waals surface area contributed by atoms with Gasteiger partial charge in [-0.15, -0.1) is 0 Å². The lowest BCUT2D eigenvalue weighted by atomic mass is 10.2. The molecule has 4 heteroatoms. The van der Waals surface area contributed by atoms with E-state index in [-0.39, 0.29) is 18.5 Å². The van der Waals surface area contributed by atoms with E-state index < -0.39 is 6.04 Å². The fourth-order valence-corrected chi connectivity index (χ4v) is 2.21. The van der Waals surface area contributed by atoms with E-state index >= 15 is 0 Å². The summed E-state index contributed by atoms with van der Waals surface area (Å²) in [6.07, 6.45) is 1.57. The lowest BCUT2D eigenvalue weighted by Crippen LogP contribution is -2.40. The Morgan fingerprint density at radius 2 is 2.06 bits per heavy atom. The van der Waals surface area contributed by atoms with Gasteiger partial charge >= 0.3 is 5.97 Å². The van der Waals surface area contributed by atoms with Crippen molar-refractivity contribution >= 4 is 11.9 Å². The highest BCUT2D eigenvalue weighted by Crippen LogP contribution is 2.19. The van der Waals surface area contributed by atoms with Crippen LogP contribution in [0.15, 0.2) is 30.3 Å². The smallest absolute Gasteiger partial charge is 0.329 e. The molecule has 1 aliphatic heterocycles. The van der Waals surface area contributed by atoms with Crippen LogP contribution in [0.2, 0.25) is 0 Å². The van der Waals surface area contributed by atoms with Gasteiger partial charge in [0.05, 0.1) is 0 Å². The Balaban J connectivity index is 1.90. The van der Waals surface area contributed by atoms with Crippen LogP contribution in [0.25, 0.3) is 0 Å². The topological polar surface area (TPSA) is 46.6 Å². The molecule has 1 unspecified atom stereocenters. The number of hydrogen-bond acceptors (Lipinski definition) is 3. The molecule has 0 aromatic heterocycles. The number of carbonyl (C=O) groups is 2. The zero-order valence-corrected chi connectivity index (χ0v) is 10.5. The van der Waals surface area contributed by atoms with Gasteiger partial charge in [0.2, 0.25) is 5.91 Å². The van der Waals surface area contributed by atoms with Gasteiger partial charge < -0.3 is 9.64 Å². The Kier molecular flexibility index (Phi) is 3.97. The number of likely N-dealkylation sites (tertiary alicyclic amines) is 1. The van der Waals surface area contributed by atoms with Crippen LogP contribution in [0, 0.1) is 0 Å². The minimum absolute atomic E-state index is 0.0610. The number of rotatable bonds is 3. The minimum Gasteiger partial charge on any atom is -0.459 e. The highest BCUT2D eigenvalue weighted by Gasteiger charge is 2.33. The van der Waals surface area contributed by atoms with E-state index in [1.807, 2.05) is 30.3 Å². The summed E-state index contributed by atoms with van der Waals surface area (Å²) >= 11 is 0. The Bertz CT molecular complexity index is 430. The van der Waals surface area contributed by atoms with Gasteiger partial charge in [0, 0.05) is 13.5 Å². The van der Waals surface area contributed by atoms with Crippen LogP contribution in [0.5, 0.6) is 0 Å². The average molecular weight is 247 g/mol. The molecule has 0 spiro atoms. The second-order valence-corrected chi connectivity index (χ2v) is 4.46. The monoisotopic (exact) mass is 247 g/mol. The predicted octanol–water partition coefficient (Wildman–Crippen LogP) is 1.74. The van der Waals surface area contributed by atoms with Crippen LogP contribution < -0.4 is 0 Å². The first-order valence-corrected chi connectivity index (χ1v) is 6.16. The van der Waals surface area contributed by atoms with Crippen molar-refractivity contribution in [2.24, 2.45) is 0 Å². The lowest BCUT2D eigenvalue weighted by molar-refractivity contribution is -0.154. The number of carbonyl (C=O) groups excluding carboxylic acids is 2. The molecule has 0 saturated carbocycles. The van der Waals surface area contributed by atoms with Gasteiger partial charge in [0.25, 0.3) is 0 Å². The maximum absolute atomic E-state index is 11.9. The molecule has 1 fully saturated rings. The van der Waals surface area contributed by atoms with Crippen LogP contribution in [-0.4, -0.2) is 29.4 Å². The normalized spacial score (nSPS) is 18.7. The molecule has 1 aromatic carbocycles. The molecule has 1 aliphatic rings. The van der Waals surface area contributed by atoms with Gasteiger partial charge in [-0.2, -0.15) is 0 Å². The van der Waals surface area contributed by atoms with Crippen LogP contribution >= 0.6 is 0 Å². The van der Waals surface area contributed by atoms with Gasteiger partial charge in [-0.3, -0.25) is 4.79 Å². The van der Waals surface area contributed by atoms with E-state index in [0.29, 0.717) is 13.0 Å². The van der Waals surface area contributed by atoms with Crippen molar-refractivity contribution in [1.29, 1.82) is 0 Å². The Hall–Kier alpha value is -1.84. The summed E-state index contributed by atoms with van der Waals surface area (Å²) in [4.78, 5) is 24.9. The molecule has 1 amide bonds. The standard InChI is InChI=1S/C14H17NO3/c1-11(16)15-9-5-8-13(15)14(17)18-10-12-6-3-2-4-7-12/h2-4,6-7,13H,5,8-10H2,1H3. The first-order chi connectivity index (χ1) is 8.68. The summed E-state index contributed by atoms with van der Waals surface area (Å²) in [5.74, 6) is -0.360. The van der Waals surface area contributed by atoms with Gasteiger partial charge in [0.1, 0.15) is 12.6 Å². The molecule has 2 rings (SSSR count). The summed E-state index contributed by atoms with van der Waals surface area (Å²) < 4.78 is 5.26. The number of nitrogens with zero attached hydrogens (tertiary/aromatic N) is 1. The van der Waals surface area contributed by atoms with Crippen LogP contribution in [0.3, 0.4) is 0 Å². The van der Waals surface area contributed by atoms with E-state index in [0.717, 1.165) is 12.0 Å². The average Bonchev–Trinajstić information content (AvgIpc) is 2.86. The number of esters is 1. The van der Waals surface area contributed by atoms with E-state index in [4.69, 9.17) is 4.74 Å². The lowest BCUT2D eigenvalue weighted by Gasteiger charge is -2.21. The van der Waals surface area contributed by atoms with Gasteiger partial charge in [0.15, 0.2) is 0 Å². The Labute approximate surface area is 107 Å². The molecule has 0 radical (unpaired) electrons. The molecule has 96 valence electrons. The number of amides is 1. The fraction of sp³-hybridized carbons (Fsp3) is 0.429. The van der Waals surface area contributed by atoms with Crippen molar-refractivity contribution in [3.8, 4) is 0 Å². The molecular formula is C14H17NO3. The second-order valence-electron chi connectivity index (χ2n) is 4.46. The van der Waals surface area contributed by atoms with Crippen LogP contribution in [0.4, 0.5) is 0 Å². The van der Waals surface area contributed by atoms with Crippen molar-refractivity contribution in [2.75, 3.05) is 6.54 Å². The maximum atomic E-state index is 11.9. The molecule has 1 saturated heterocycles. The molecule has 4 nitrogen and oxygen atoms in total. The number of ether oxygens (including phenoxy) is 1. The first-order valence-electron chi connectivity index (χ1n) is 6.16. The van der Waals surface area contributed by atoms with Crippen molar-refractivity contribution in [3.63, 3.8) is 0 Å². The molecule has 0 N–H and O–H groups in total. The molecule has 1 aromatic rings. The summed E-state index contributed by atoms with van der Waals surface area (Å²) in [6, 6.07) is 9.14. The van der Waals surface area contributed by atoms with E-state index in [1.54, 1.807) is 4.90 Å². The van der Waals surface area contributed by atoms with Crippen molar-refractivity contribution in [1.82, 2.24) is 4.90 Å². The summed E-state index contributed by atoms with van der Waals surface area (Å²) in [5.41, 5.74) is 0.957. The Morgan fingerprint density at radius 1 is 1.33 bits per heavy atom. The van der Waals surface area contributed by atoms with E-state index in [2.05, 4.69) is 0 Å². The third kappa shape index (κ3) is 2.88. The number of benzene rings is 1. The largest absolute Gasteiger partial charge is 0.459 e. The number of hydrogen-bond donors (Lipinski definition) is 0.